The van der Waals surface area contributed by atoms with Crippen molar-refractivity contribution in [3.8, 4) is 17.6 Å². The Balaban J connectivity index is 1.53. The Morgan fingerprint density at radius 2 is 1.70 bits per heavy atom. The molecule has 1 N–H and O–H groups in total. The number of aliphatic hydroxyl groups excluding tert-OH is 1. The summed E-state index contributed by atoms with van der Waals surface area (Å²) in [6.45, 7) is 1.75. The summed E-state index contributed by atoms with van der Waals surface area (Å²) in [4.78, 5) is 0. The summed E-state index contributed by atoms with van der Waals surface area (Å²) in [6.07, 6.45) is 7.91. The van der Waals surface area contributed by atoms with Crippen LogP contribution < -0.4 is 4.74 Å². The molecule has 4 fully saturated rings. The van der Waals surface area contributed by atoms with Crippen molar-refractivity contribution in [3.63, 3.8) is 0 Å². The van der Waals surface area contributed by atoms with Gasteiger partial charge in [-0.3, -0.25) is 0 Å². The van der Waals surface area contributed by atoms with Crippen molar-refractivity contribution in [2.75, 3.05) is 13.7 Å². The van der Waals surface area contributed by atoms with Crippen LogP contribution in [0.3, 0.4) is 0 Å². The van der Waals surface area contributed by atoms with E-state index >= 15 is 0 Å². The van der Waals surface area contributed by atoms with Gasteiger partial charge in [0.1, 0.15) is 5.75 Å². The van der Waals surface area contributed by atoms with Crippen LogP contribution in [0.2, 0.25) is 0 Å². The van der Waals surface area contributed by atoms with E-state index in [2.05, 4.69) is 17.9 Å². The predicted octanol–water partition coefficient (Wildman–Crippen LogP) is 5.39. The molecule has 0 spiro atoms. The number of rotatable bonds is 7. The van der Waals surface area contributed by atoms with Gasteiger partial charge in [-0.1, -0.05) is 30.0 Å². The molecule has 4 aliphatic carbocycles. The largest absolute Gasteiger partial charge is 0.441 e. The first-order valence-corrected chi connectivity index (χ1v) is 12.3. The van der Waals surface area contributed by atoms with Crippen molar-refractivity contribution in [2.45, 2.75) is 63.9 Å². The summed E-state index contributed by atoms with van der Waals surface area (Å²) in [6, 6.07) is 14.1. The second-order valence-corrected chi connectivity index (χ2v) is 10.1. The van der Waals surface area contributed by atoms with Crippen molar-refractivity contribution in [3.05, 3.63) is 64.7 Å². The average molecular weight is 447 g/mol. The highest BCUT2D eigenvalue weighted by Crippen LogP contribution is 2.62. The van der Waals surface area contributed by atoms with E-state index in [0.717, 1.165) is 40.2 Å². The molecule has 174 valence electrons. The molecule has 4 nitrogen and oxygen atoms in total. The van der Waals surface area contributed by atoms with E-state index in [1.165, 1.54) is 44.1 Å². The first-order chi connectivity index (χ1) is 16.1. The number of benzene rings is 2. The molecule has 4 bridgehead atoms. The van der Waals surface area contributed by atoms with Crippen LogP contribution in [-0.4, -0.2) is 25.3 Å². The molecule has 4 heteroatoms. The van der Waals surface area contributed by atoms with Crippen molar-refractivity contribution in [1.29, 1.82) is 0 Å². The summed E-state index contributed by atoms with van der Waals surface area (Å²) in [5.41, 5.74) is 4.13. The van der Waals surface area contributed by atoms with Gasteiger partial charge < -0.3 is 19.3 Å². The second-order valence-electron chi connectivity index (χ2n) is 10.1. The van der Waals surface area contributed by atoms with E-state index in [-0.39, 0.29) is 12.0 Å². The van der Waals surface area contributed by atoms with E-state index in [0.29, 0.717) is 6.61 Å². The lowest BCUT2D eigenvalue weighted by Gasteiger charge is -2.57. The smallest absolute Gasteiger partial charge is 0.315 e. The van der Waals surface area contributed by atoms with E-state index < -0.39 is 6.48 Å². The van der Waals surface area contributed by atoms with Gasteiger partial charge in [0, 0.05) is 23.8 Å². The highest BCUT2D eigenvalue weighted by Gasteiger charge is 2.52. The molecule has 0 aliphatic heterocycles. The molecule has 0 saturated heterocycles. The lowest BCUT2D eigenvalue weighted by molar-refractivity contribution is -0.231. The Hall–Kier alpha value is -2.32. The minimum Gasteiger partial charge on any atom is -0.441 e. The molecule has 6 rings (SSSR count). The molecule has 2 aromatic carbocycles. The lowest BCUT2D eigenvalue weighted by atomic mass is 9.48. The summed E-state index contributed by atoms with van der Waals surface area (Å²) < 4.78 is 17.3. The van der Waals surface area contributed by atoms with E-state index in [9.17, 15) is 5.11 Å². The Bertz CT molecular complexity index is 1010. The van der Waals surface area contributed by atoms with Crippen molar-refractivity contribution >= 4 is 0 Å². The van der Waals surface area contributed by atoms with Gasteiger partial charge in [0.25, 0.3) is 0 Å². The number of methoxy groups -OCH3 is 1. The fraction of sp³-hybridized carbons (Fsp3) is 0.517. The molecule has 4 aliphatic rings. The highest BCUT2D eigenvalue weighted by molar-refractivity contribution is 5.52. The van der Waals surface area contributed by atoms with Crippen LogP contribution in [-0.2, 0) is 21.5 Å². The third kappa shape index (κ3) is 4.55. The molecule has 0 aromatic heterocycles. The molecule has 4 saturated carbocycles. The summed E-state index contributed by atoms with van der Waals surface area (Å²) in [5.74, 6) is 9.98. The third-order valence-corrected chi connectivity index (χ3v) is 7.84. The van der Waals surface area contributed by atoms with Gasteiger partial charge in [0.15, 0.2) is 0 Å². The number of hydrogen-bond acceptors (Lipinski definition) is 4. The molecule has 0 heterocycles. The van der Waals surface area contributed by atoms with E-state index in [1.54, 1.807) is 7.11 Å². The van der Waals surface area contributed by atoms with Crippen LogP contribution >= 0.6 is 0 Å². The Morgan fingerprint density at radius 1 is 1.00 bits per heavy atom. The molecule has 2 aromatic rings. The zero-order chi connectivity index (χ0) is 22.8. The number of aliphatic hydroxyl groups is 1. The summed E-state index contributed by atoms with van der Waals surface area (Å²) in [7, 11) is 1.61. The molecule has 0 amide bonds. The van der Waals surface area contributed by atoms with Crippen molar-refractivity contribution in [2.24, 2.45) is 17.8 Å². The normalized spacial score (nSPS) is 28.3. The van der Waals surface area contributed by atoms with Gasteiger partial charge in [-0.15, -0.1) is 0 Å². The minimum absolute atomic E-state index is 0.00794. The van der Waals surface area contributed by atoms with Crippen LogP contribution in [0.15, 0.2) is 42.5 Å². The van der Waals surface area contributed by atoms with Crippen LogP contribution in [0.5, 0.6) is 5.75 Å². The minimum atomic E-state index is -0.712. The zero-order valence-corrected chi connectivity index (χ0v) is 19.7. The lowest BCUT2D eigenvalue weighted by Crippen LogP contribution is -2.48. The average Bonchev–Trinajstić information content (AvgIpc) is 2.82. The Labute approximate surface area is 197 Å². The first-order valence-electron chi connectivity index (χ1n) is 12.3. The fourth-order valence-electron chi connectivity index (χ4n) is 6.88. The van der Waals surface area contributed by atoms with Crippen LogP contribution in [0.25, 0.3) is 0 Å². The summed E-state index contributed by atoms with van der Waals surface area (Å²) >= 11 is 0. The highest BCUT2D eigenvalue weighted by atomic mass is 16.8. The summed E-state index contributed by atoms with van der Waals surface area (Å²) in [5, 5.41) is 9.64. The van der Waals surface area contributed by atoms with Gasteiger partial charge in [0.2, 0.25) is 0 Å². The molecule has 0 radical (unpaired) electrons. The van der Waals surface area contributed by atoms with Gasteiger partial charge >= 0.3 is 6.48 Å². The van der Waals surface area contributed by atoms with Gasteiger partial charge in [-0.2, -0.15) is 0 Å². The standard InChI is InChI=1S/C29H34O4/c1-3-32-28(31-2)33-27-11-9-20(8-10-24-6-4-5-7-25(24)19-30)15-26(27)29-16-21-12-22(17-29)14-23(13-21)18-29/h4-7,9,11,15,21-23,28,30H,3,12-14,16-19H2,1-2H3. The SMILES string of the molecule is CCOC(OC)Oc1ccc(C#Cc2ccccc2CO)cc1C12CC3CC(CC(C3)C1)C2. The van der Waals surface area contributed by atoms with Crippen molar-refractivity contribution < 1.29 is 19.3 Å². The molecule has 33 heavy (non-hydrogen) atoms. The predicted molar refractivity (Wildman–Crippen MR) is 128 cm³/mol. The van der Waals surface area contributed by atoms with Crippen LogP contribution in [0.1, 0.15) is 67.7 Å². The molecule has 1 atom stereocenters. The van der Waals surface area contributed by atoms with Crippen molar-refractivity contribution in [1.82, 2.24) is 0 Å². The monoisotopic (exact) mass is 446 g/mol. The topological polar surface area (TPSA) is 47.9 Å². The first kappa shape index (κ1) is 22.5. The van der Waals surface area contributed by atoms with Gasteiger partial charge in [-0.25, -0.2) is 0 Å². The van der Waals surface area contributed by atoms with Gasteiger partial charge in [-0.05, 0) is 98.4 Å². The van der Waals surface area contributed by atoms with Crippen LogP contribution in [0, 0.1) is 29.6 Å². The molecular formula is C29H34O4. The third-order valence-electron chi connectivity index (χ3n) is 7.84. The maximum absolute atomic E-state index is 9.64. The maximum Gasteiger partial charge on any atom is 0.315 e. The Kier molecular flexibility index (Phi) is 6.47. The second kappa shape index (κ2) is 9.50. The maximum atomic E-state index is 9.64. The van der Waals surface area contributed by atoms with Gasteiger partial charge in [0.05, 0.1) is 13.2 Å². The molecular weight excluding hydrogens is 412 g/mol. The van der Waals surface area contributed by atoms with E-state index in [4.69, 9.17) is 14.2 Å². The number of hydrogen-bond donors (Lipinski definition) is 1. The zero-order valence-electron chi connectivity index (χ0n) is 19.7. The quantitative estimate of drug-likeness (QED) is 0.457. The number of ether oxygens (including phenoxy) is 3. The Morgan fingerprint density at radius 3 is 2.33 bits per heavy atom. The fourth-order valence-corrected chi connectivity index (χ4v) is 6.88. The van der Waals surface area contributed by atoms with E-state index in [1.807, 2.05) is 43.3 Å². The van der Waals surface area contributed by atoms with Crippen LogP contribution in [0.4, 0.5) is 0 Å². The molecule has 1 unspecified atom stereocenters.